The lowest BCUT2D eigenvalue weighted by Crippen LogP contribution is -2.12. The predicted octanol–water partition coefficient (Wildman–Crippen LogP) is 3.44. The maximum absolute atomic E-state index is 7.47. The number of benzene rings is 2. The quantitative estimate of drug-likeness (QED) is 0.662. The van der Waals surface area contributed by atoms with Crippen LogP contribution in [0.3, 0.4) is 0 Å². The Bertz CT molecular complexity index is 594. The number of nitrogens with one attached hydrogen (secondary N) is 1. The summed E-state index contributed by atoms with van der Waals surface area (Å²) in [6, 6.07) is 13.9. The molecule has 2 rings (SSSR count). The molecule has 0 amide bonds. The molecular formula is C15H16N2OS. The molecule has 0 heterocycles. The van der Waals surface area contributed by atoms with E-state index in [2.05, 4.69) is 0 Å². The standard InChI is InChI=1S/C15H16N2OS/c1-10-9-13(7-8-14(10)15(16)17)19-12-5-3-11(18-2)4-6-12/h3-9H,1-2H3,(H3,16,17). The van der Waals surface area contributed by atoms with Crippen molar-refractivity contribution in [3.05, 3.63) is 53.6 Å². The van der Waals surface area contributed by atoms with E-state index >= 15 is 0 Å². The van der Waals surface area contributed by atoms with Gasteiger partial charge in [-0.2, -0.15) is 0 Å². The molecule has 0 radical (unpaired) electrons. The highest BCUT2D eigenvalue weighted by atomic mass is 32.2. The average molecular weight is 272 g/mol. The highest BCUT2D eigenvalue weighted by Crippen LogP contribution is 2.30. The first kappa shape index (κ1) is 13.5. The molecule has 3 nitrogen and oxygen atoms in total. The third-order valence-corrected chi connectivity index (χ3v) is 3.78. The minimum absolute atomic E-state index is 0.110. The van der Waals surface area contributed by atoms with Crippen LogP contribution in [0.5, 0.6) is 5.75 Å². The van der Waals surface area contributed by atoms with Crippen molar-refractivity contribution in [2.45, 2.75) is 16.7 Å². The first-order chi connectivity index (χ1) is 9.10. The van der Waals surface area contributed by atoms with E-state index in [0.29, 0.717) is 0 Å². The van der Waals surface area contributed by atoms with Gasteiger partial charge in [0.2, 0.25) is 0 Å². The second kappa shape index (κ2) is 5.80. The average Bonchev–Trinajstić information content (AvgIpc) is 2.39. The Morgan fingerprint density at radius 1 is 1.11 bits per heavy atom. The van der Waals surface area contributed by atoms with E-state index in [0.717, 1.165) is 26.7 Å². The molecule has 0 atom stereocenters. The lowest BCUT2D eigenvalue weighted by molar-refractivity contribution is 0.414. The van der Waals surface area contributed by atoms with Gasteiger partial charge in [-0.1, -0.05) is 11.8 Å². The van der Waals surface area contributed by atoms with Crippen LogP contribution in [0.4, 0.5) is 0 Å². The number of amidine groups is 1. The maximum Gasteiger partial charge on any atom is 0.123 e. The van der Waals surface area contributed by atoms with Crippen LogP contribution in [0.15, 0.2) is 52.3 Å². The van der Waals surface area contributed by atoms with Crippen molar-refractivity contribution in [2.75, 3.05) is 7.11 Å². The van der Waals surface area contributed by atoms with Gasteiger partial charge in [0.1, 0.15) is 11.6 Å². The van der Waals surface area contributed by atoms with Crippen LogP contribution in [0, 0.1) is 12.3 Å². The summed E-state index contributed by atoms with van der Waals surface area (Å²) in [5.41, 5.74) is 7.32. The Balaban J connectivity index is 2.18. The fourth-order valence-electron chi connectivity index (χ4n) is 1.78. The second-order valence-corrected chi connectivity index (χ2v) is 5.31. The molecule has 19 heavy (non-hydrogen) atoms. The number of nitrogens with two attached hydrogens (primary N) is 1. The summed E-state index contributed by atoms with van der Waals surface area (Å²) in [5, 5.41) is 7.47. The molecule has 0 saturated heterocycles. The Morgan fingerprint density at radius 2 is 1.74 bits per heavy atom. The number of hydrogen-bond donors (Lipinski definition) is 2. The molecule has 3 N–H and O–H groups in total. The Labute approximate surface area is 117 Å². The van der Waals surface area contributed by atoms with Crippen LogP contribution >= 0.6 is 11.8 Å². The molecular weight excluding hydrogens is 256 g/mol. The summed E-state index contributed by atoms with van der Waals surface area (Å²) in [6.45, 7) is 1.97. The number of hydrogen-bond acceptors (Lipinski definition) is 3. The van der Waals surface area contributed by atoms with Gasteiger partial charge in [-0.15, -0.1) is 0 Å². The maximum atomic E-state index is 7.47. The van der Waals surface area contributed by atoms with E-state index in [1.54, 1.807) is 18.9 Å². The van der Waals surface area contributed by atoms with Gasteiger partial charge in [-0.25, -0.2) is 0 Å². The van der Waals surface area contributed by atoms with Crippen LogP contribution in [-0.2, 0) is 0 Å². The van der Waals surface area contributed by atoms with Gasteiger partial charge in [0, 0.05) is 15.4 Å². The number of nitrogen functional groups attached to an aromatic ring is 1. The highest BCUT2D eigenvalue weighted by Gasteiger charge is 2.04. The van der Waals surface area contributed by atoms with Crippen molar-refractivity contribution in [3.8, 4) is 5.75 Å². The monoisotopic (exact) mass is 272 g/mol. The van der Waals surface area contributed by atoms with Crippen molar-refractivity contribution < 1.29 is 4.74 Å². The minimum Gasteiger partial charge on any atom is -0.497 e. The lowest BCUT2D eigenvalue weighted by atomic mass is 10.1. The van der Waals surface area contributed by atoms with Gasteiger partial charge >= 0.3 is 0 Å². The highest BCUT2D eigenvalue weighted by molar-refractivity contribution is 7.99. The van der Waals surface area contributed by atoms with Gasteiger partial charge < -0.3 is 10.5 Å². The smallest absolute Gasteiger partial charge is 0.123 e. The van der Waals surface area contributed by atoms with E-state index in [-0.39, 0.29) is 5.84 Å². The molecule has 98 valence electrons. The molecule has 0 aliphatic carbocycles. The van der Waals surface area contributed by atoms with Crippen molar-refractivity contribution in [1.29, 1.82) is 5.41 Å². The molecule has 0 aliphatic rings. The summed E-state index contributed by atoms with van der Waals surface area (Å²) in [4.78, 5) is 2.28. The first-order valence-corrected chi connectivity index (χ1v) is 6.69. The molecule has 0 saturated carbocycles. The lowest BCUT2D eigenvalue weighted by Gasteiger charge is -2.07. The van der Waals surface area contributed by atoms with E-state index in [1.165, 1.54) is 0 Å². The van der Waals surface area contributed by atoms with E-state index in [1.807, 2.05) is 49.4 Å². The fraction of sp³-hybridized carbons (Fsp3) is 0.133. The topological polar surface area (TPSA) is 59.1 Å². The van der Waals surface area contributed by atoms with E-state index < -0.39 is 0 Å². The molecule has 0 aromatic heterocycles. The number of methoxy groups -OCH3 is 1. The molecule has 0 fully saturated rings. The number of aryl methyl sites for hydroxylation is 1. The molecule has 2 aromatic rings. The molecule has 0 bridgehead atoms. The molecule has 4 heteroatoms. The summed E-state index contributed by atoms with van der Waals surface area (Å²) < 4.78 is 5.13. The van der Waals surface area contributed by atoms with Crippen LogP contribution in [0.2, 0.25) is 0 Å². The van der Waals surface area contributed by atoms with Crippen molar-refractivity contribution in [3.63, 3.8) is 0 Å². The van der Waals surface area contributed by atoms with Gasteiger partial charge in [-0.3, -0.25) is 5.41 Å². The zero-order valence-corrected chi connectivity index (χ0v) is 11.8. The van der Waals surface area contributed by atoms with Gasteiger partial charge in [-0.05, 0) is 55.0 Å². The van der Waals surface area contributed by atoms with Crippen LogP contribution < -0.4 is 10.5 Å². The zero-order valence-electron chi connectivity index (χ0n) is 10.9. The third kappa shape index (κ3) is 3.29. The fourth-order valence-corrected chi connectivity index (χ4v) is 2.70. The van der Waals surface area contributed by atoms with Crippen LogP contribution in [0.1, 0.15) is 11.1 Å². The van der Waals surface area contributed by atoms with Gasteiger partial charge in [0.15, 0.2) is 0 Å². The largest absolute Gasteiger partial charge is 0.497 e. The van der Waals surface area contributed by atoms with E-state index in [9.17, 15) is 0 Å². The summed E-state index contributed by atoms with van der Waals surface area (Å²) in [5.74, 6) is 0.964. The molecule has 0 aliphatic heterocycles. The van der Waals surface area contributed by atoms with Crippen molar-refractivity contribution in [1.82, 2.24) is 0 Å². The molecule has 0 spiro atoms. The van der Waals surface area contributed by atoms with E-state index in [4.69, 9.17) is 15.9 Å². The molecule has 2 aromatic carbocycles. The predicted molar refractivity (Wildman–Crippen MR) is 79.3 cm³/mol. The Morgan fingerprint density at radius 3 is 2.26 bits per heavy atom. The number of rotatable bonds is 4. The summed E-state index contributed by atoms with van der Waals surface area (Å²) in [6.07, 6.45) is 0. The van der Waals surface area contributed by atoms with Crippen molar-refractivity contribution in [2.24, 2.45) is 5.73 Å². The first-order valence-electron chi connectivity index (χ1n) is 5.87. The second-order valence-electron chi connectivity index (χ2n) is 4.17. The minimum atomic E-state index is 0.110. The summed E-state index contributed by atoms with van der Waals surface area (Å²) >= 11 is 1.67. The van der Waals surface area contributed by atoms with Gasteiger partial charge in [0.05, 0.1) is 7.11 Å². The Hall–Kier alpha value is -1.94. The van der Waals surface area contributed by atoms with Crippen LogP contribution in [-0.4, -0.2) is 12.9 Å². The normalized spacial score (nSPS) is 10.2. The Kier molecular flexibility index (Phi) is 4.12. The van der Waals surface area contributed by atoms with Gasteiger partial charge in [0.25, 0.3) is 0 Å². The number of ether oxygens (including phenoxy) is 1. The summed E-state index contributed by atoms with van der Waals surface area (Å²) in [7, 11) is 1.66. The van der Waals surface area contributed by atoms with Crippen LogP contribution in [0.25, 0.3) is 0 Å². The van der Waals surface area contributed by atoms with Crippen molar-refractivity contribution >= 4 is 17.6 Å². The SMILES string of the molecule is COc1ccc(Sc2ccc(C(=N)N)c(C)c2)cc1. The third-order valence-electron chi connectivity index (χ3n) is 2.78. The molecule has 0 unspecified atom stereocenters. The zero-order chi connectivity index (χ0) is 13.8.